The largest absolute Gasteiger partial charge is 0.394 e. The minimum absolute atomic E-state index is 0.0773. The predicted octanol–water partition coefficient (Wildman–Crippen LogP) is 3.16. The van der Waals surface area contributed by atoms with E-state index in [-0.39, 0.29) is 36.1 Å². The van der Waals surface area contributed by atoms with Crippen molar-refractivity contribution in [2.75, 3.05) is 11.3 Å². The zero-order valence-electron chi connectivity index (χ0n) is 16.1. The maximum Gasteiger partial charge on any atom is 0.238 e. The molecule has 30 heavy (non-hydrogen) atoms. The van der Waals surface area contributed by atoms with Gasteiger partial charge in [0.25, 0.3) is 0 Å². The highest BCUT2D eigenvalue weighted by Crippen LogP contribution is 2.48. The molecule has 0 bridgehead atoms. The summed E-state index contributed by atoms with van der Waals surface area (Å²) in [6, 6.07) is 3.45. The maximum absolute atomic E-state index is 14.6. The number of sulfonamides is 1. The Balaban J connectivity index is 2.02. The van der Waals surface area contributed by atoms with Crippen LogP contribution in [0.15, 0.2) is 24.3 Å². The highest BCUT2D eigenvalue weighted by atomic mass is 32.2. The molecule has 0 heterocycles. The fourth-order valence-electron chi connectivity index (χ4n) is 3.44. The summed E-state index contributed by atoms with van der Waals surface area (Å²) in [5.41, 5.74) is -0.714. The molecule has 164 valence electrons. The topological polar surface area (TPSA) is 86.6 Å². The second-order valence-corrected chi connectivity index (χ2v) is 9.66. The molecule has 3 rings (SSSR count). The molecule has 0 amide bonds. The molecule has 10 heteroatoms. The molecule has 1 unspecified atom stereocenters. The van der Waals surface area contributed by atoms with Gasteiger partial charge in [-0.3, -0.25) is 4.72 Å². The SMILES string of the molecule is Cc1cc(F)c(F)c(Cc2ccc(F)cc2F)c1NS(=O)(=O)C1(CC(O)CO)CC1. The van der Waals surface area contributed by atoms with Crippen molar-refractivity contribution < 1.29 is 36.2 Å². The molecule has 0 aromatic heterocycles. The van der Waals surface area contributed by atoms with E-state index in [1.165, 1.54) is 6.92 Å². The fourth-order valence-corrected chi connectivity index (χ4v) is 5.26. The minimum Gasteiger partial charge on any atom is -0.394 e. The highest BCUT2D eigenvalue weighted by Gasteiger charge is 2.55. The van der Waals surface area contributed by atoms with Crippen LogP contribution in [-0.2, 0) is 16.4 Å². The van der Waals surface area contributed by atoms with E-state index in [0.29, 0.717) is 6.07 Å². The molecule has 1 atom stereocenters. The maximum atomic E-state index is 14.6. The molecular weight excluding hydrogens is 426 g/mol. The van der Waals surface area contributed by atoms with Gasteiger partial charge >= 0.3 is 0 Å². The van der Waals surface area contributed by atoms with Gasteiger partial charge in [0.1, 0.15) is 11.6 Å². The number of nitrogens with one attached hydrogen (secondary N) is 1. The van der Waals surface area contributed by atoms with E-state index in [1.807, 2.05) is 0 Å². The van der Waals surface area contributed by atoms with Crippen LogP contribution in [0.3, 0.4) is 0 Å². The number of hydrogen-bond acceptors (Lipinski definition) is 4. The highest BCUT2D eigenvalue weighted by molar-refractivity contribution is 7.94. The second kappa shape index (κ2) is 8.16. The number of aliphatic hydroxyl groups excluding tert-OH is 2. The lowest BCUT2D eigenvalue weighted by Gasteiger charge is -2.23. The van der Waals surface area contributed by atoms with Crippen molar-refractivity contribution in [2.45, 2.75) is 43.5 Å². The van der Waals surface area contributed by atoms with Crippen LogP contribution < -0.4 is 4.72 Å². The molecule has 1 saturated carbocycles. The summed E-state index contributed by atoms with van der Waals surface area (Å²) in [6.45, 7) is 0.754. The number of aliphatic hydroxyl groups is 2. The Kier molecular flexibility index (Phi) is 6.13. The van der Waals surface area contributed by atoms with Crippen LogP contribution in [0.4, 0.5) is 23.2 Å². The summed E-state index contributed by atoms with van der Waals surface area (Å²) in [5.74, 6) is -4.40. The summed E-state index contributed by atoms with van der Waals surface area (Å²) in [5, 5.41) is 18.7. The lowest BCUT2D eigenvalue weighted by Crippen LogP contribution is -2.35. The van der Waals surface area contributed by atoms with Crippen LogP contribution in [0.25, 0.3) is 0 Å². The Labute approximate surface area is 171 Å². The van der Waals surface area contributed by atoms with Gasteiger partial charge < -0.3 is 10.2 Å². The molecule has 3 N–H and O–H groups in total. The van der Waals surface area contributed by atoms with Crippen molar-refractivity contribution in [3.8, 4) is 0 Å². The summed E-state index contributed by atoms with van der Waals surface area (Å²) in [4.78, 5) is 0. The van der Waals surface area contributed by atoms with Crippen LogP contribution in [0.2, 0.25) is 0 Å². The molecule has 2 aromatic rings. The van der Waals surface area contributed by atoms with Crippen LogP contribution in [0.1, 0.15) is 36.0 Å². The number of rotatable bonds is 8. The van der Waals surface area contributed by atoms with Crippen molar-refractivity contribution >= 4 is 15.7 Å². The number of aryl methyl sites for hydroxylation is 1. The number of anilines is 1. The van der Waals surface area contributed by atoms with Gasteiger partial charge in [0.15, 0.2) is 11.6 Å². The third kappa shape index (κ3) is 4.30. The van der Waals surface area contributed by atoms with Crippen molar-refractivity contribution in [1.29, 1.82) is 0 Å². The van der Waals surface area contributed by atoms with E-state index in [4.69, 9.17) is 5.11 Å². The van der Waals surface area contributed by atoms with Crippen LogP contribution >= 0.6 is 0 Å². The molecule has 0 aliphatic heterocycles. The van der Waals surface area contributed by atoms with Crippen molar-refractivity contribution in [3.05, 3.63) is 64.2 Å². The second-order valence-electron chi connectivity index (χ2n) is 7.58. The van der Waals surface area contributed by atoms with Crippen molar-refractivity contribution in [1.82, 2.24) is 0 Å². The third-order valence-electron chi connectivity index (χ3n) is 5.33. The predicted molar refractivity (Wildman–Crippen MR) is 102 cm³/mol. The van der Waals surface area contributed by atoms with Gasteiger partial charge in [0.2, 0.25) is 10.0 Å². The first-order chi connectivity index (χ1) is 14.0. The monoisotopic (exact) mass is 447 g/mol. The van der Waals surface area contributed by atoms with Crippen molar-refractivity contribution in [2.24, 2.45) is 0 Å². The summed E-state index contributed by atoms with van der Waals surface area (Å²) in [6.07, 6.45) is -1.53. The number of halogens is 4. The zero-order valence-corrected chi connectivity index (χ0v) is 16.9. The molecule has 1 aliphatic carbocycles. The normalized spacial score (nSPS) is 16.4. The average molecular weight is 447 g/mol. The molecule has 1 fully saturated rings. The summed E-state index contributed by atoms with van der Waals surface area (Å²) < 4.78 is 82.7. The lowest BCUT2D eigenvalue weighted by molar-refractivity contribution is 0.0858. The van der Waals surface area contributed by atoms with Gasteiger partial charge in [-0.25, -0.2) is 26.0 Å². The van der Waals surface area contributed by atoms with Gasteiger partial charge in [-0.15, -0.1) is 0 Å². The van der Waals surface area contributed by atoms with Gasteiger partial charge in [0.05, 0.1) is 23.1 Å². The summed E-state index contributed by atoms with van der Waals surface area (Å²) in [7, 11) is -4.15. The third-order valence-corrected chi connectivity index (χ3v) is 7.52. The van der Waals surface area contributed by atoms with Gasteiger partial charge in [-0.1, -0.05) is 6.07 Å². The Morgan fingerprint density at radius 1 is 1.13 bits per heavy atom. The molecular formula is C20H21F4NO4S. The quantitative estimate of drug-likeness (QED) is 0.543. The van der Waals surface area contributed by atoms with E-state index < -0.39 is 62.7 Å². The standard InChI is InChI=1S/C20H21F4NO4S/c1-11-6-17(23)18(24)15(7-12-2-3-13(21)8-16(12)22)19(11)25-30(28,29)20(4-5-20)9-14(27)10-26/h2-3,6,8,14,25-27H,4-5,7,9-10H2,1H3. The minimum atomic E-state index is -4.15. The first kappa shape index (κ1) is 22.5. The Hall–Kier alpha value is -2.17. The fraction of sp³-hybridized carbons (Fsp3) is 0.400. The van der Waals surface area contributed by atoms with E-state index in [9.17, 15) is 31.1 Å². The van der Waals surface area contributed by atoms with Crippen molar-refractivity contribution in [3.63, 3.8) is 0 Å². The molecule has 2 aromatic carbocycles. The summed E-state index contributed by atoms with van der Waals surface area (Å²) >= 11 is 0. The number of hydrogen-bond donors (Lipinski definition) is 3. The van der Waals surface area contributed by atoms with Gasteiger partial charge in [-0.2, -0.15) is 0 Å². The van der Waals surface area contributed by atoms with Crippen LogP contribution in [0, 0.1) is 30.2 Å². The molecule has 0 spiro atoms. The zero-order chi connectivity index (χ0) is 22.3. The molecule has 1 aliphatic rings. The van der Waals surface area contributed by atoms with Crippen LogP contribution in [-0.4, -0.2) is 36.1 Å². The van der Waals surface area contributed by atoms with E-state index in [1.54, 1.807) is 0 Å². The number of benzene rings is 2. The lowest BCUT2D eigenvalue weighted by atomic mass is 9.99. The molecule has 0 saturated heterocycles. The average Bonchev–Trinajstić information content (AvgIpc) is 3.45. The Morgan fingerprint density at radius 3 is 2.37 bits per heavy atom. The Morgan fingerprint density at radius 2 is 1.80 bits per heavy atom. The van der Waals surface area contributed by atoms with Gasteiger partial charge in [-0.05, 0) is 49.4 Å². The first-order valence-corrected chi connectivity index (χ1v) is 10.7. The molecule has 0 radical (unpaired) electrons. The van der Waals surface area contributed by atoms with Crippen LogP contribution in [0.5, 0.6) is 0 Å². The van der Waals surface area contributed by atoms with E-state index >= 15 is 0 Å². The van der Waals surface area contributed by atoms with Gasteiger partial charge in [0, 0.05) is 18.1 Å². The Bertz CT molecular complexity index is 1070. The smallest absolute Gasteiger partial charge is 0.238 e. The van der Waals surface area contributed by atoms with E-state index in [2.05, 4.69) is 4.72 Å². The molecule has 5 nitrogen and oxygen atoms in total. The van der Waals surface area contributed by atoms with E-state index in [0.717, 1.165) is 18.2 Å². The first-order valence-electron chi connectivity index (χ1n) is 9.22.